The van der Waals surface area contributed by atoms with Gasteiger partial charge in [0.05, 0.1) is 13.2 Å². The van der Waals surface area contributed by atoms with Gasteiger partial charge in [-0.05, 0) is 19.3 Å². The first-order valence-corrected chi connectivity index (χ1v) is 5.63. The predicted octanol–water partition coefficient (Wildman–Crippen LogP) is 1.44. The van der Waals surface area contributed by atoms with E-state index in [9.17, 15) is 0 Å². The molecule has 2 rings (SSSR count). The zero-order valence-corrected chi connectivity index (χ0v) is 9.79. The molecule has 15 heavy (non-hydrogen) atoms. The Morgan fingerprint density at radius 1 is 1.47 bits per heavy atom. The van der Waals surface area contributed by atoms with Crippen LogP contribution in [-0.2, 0) is 9.47 Å². The van der Waals surface area contributed by atoms with E-state index in [1.807, 2.05) is 0 Å². The van der Waals surface area contributed by atoms with Crippen LogP contribution in [-0.4, -0.2) is 50.5 Å². The molecule has 2 fully saturated rings. The van der Waals surface area contributed by atoms with E-state index in [1.54, 1.807) is 14.2 Å². The molecule has 2 saturated heterocycles. The van der Waals surface area contributed by atoms with Crippen molar-refractivity contribution in [2.75, 3.05) is 34.0 Å². The van der Waals surface area contributed by atoms with Crippen LogP contribution in [0, 0.1) is 0 Å². The second-order valence-electron chi connectivity index (χ2n) is 4.86. The van der Waals surface area contributed by atoms with E-state index in [0.717, 1.165) is 26.2 Å². The van der Waals surface area contributed by atoms with E-state index in [2.05, 4.69) is 11.5 Å². The molecule has 3 heteroatoms. The molecular weight excluding hydrogens is 190 g/mol. The van der Waals surface area contributed by atoms with Crippen LogP contribution in [0.15, 0.2) is 12.2 Å². The minimum Gasteiger partial charge on any atom is -0.383 e. The van der Waals surface area contributed by atoms with Gasteiger partial charge in [0.2, 0.25) is 0 Å². The molecule has 2 aliphatic heterocycles. The van der Waals surface area contributed by atoms with Crippen molar-refractivity contribution in [3.8, 4) is 0 Å². The molecule has 2 aliphatic rings. The highest BCUT2D eigenvalue weighted by Crippen LogP contribution is 2.44. The van der Waals surface area contributed by atoms with E-state index < -0.39 is 0 Å². The minimum atomic E-state index is 0.231. The standard InChI is InChI=1S/C12H21NO2/c1-10-6-12(9-15-3)5-4-11(8-14-2)13(12)7-10/h11H,1,4-9H2,2-3H3/t11-,12-/m0/s1. The summed E-state index contributed by atoms with van der Waals surface area (Å²) in [5.41, 5.74) is 1.57. The summed E-state index contributed by atoms with van der Waals surface area (Å²) in [6.45, 7) is 6.80. The molecule has 0 spiro atoms. The Balaban J connectivity index is 2.12. The number of hydrogen-bond acceptors (Lipinski definition) is 3. The van der Waals surface area contributed by atoms with Crippen LogP contribution in [0.4, 0.5) is 0 Å². The average molecular weight is 211 g/mol. The van der Waals surface area contributed by atoms with Crippen LogP contribution in [0.5, 0.6) is 0 Å². The molecule has 3 nitrogen and oxygen atoms in total. The van der Waals surface area contributed by atoms with Crippen molar-refractivity contribution < 1.29 is 9.47 Å². The van der Waals surface area contributed by atoms with Gasteiger partial charge < -0.3 is 9.47 Å². The Morgan fingerprint density at radius 2 is 2.27 bits per heavy atom. The summed E-state index contributed by atoms with van der Waals surface area (Å²) in [6, 6.07) is 0.560. The van der Waals surface area contributed by atoms with Gasteiger partial charge in [-0.25, -0.2) is 0 Å². The number of nitrogens with zero attached hydrogens (tertiary/aromatic N) is 1. The lowest BCUT2D eigenvalue weighted by Gasteiger charge is -2.33. The minimum absolute atomic E-state index is 0.231. The van der Waals surface area contributed by atoms with Gasteiger partial charge in [-0.3, -0.25) is 4.90 Å². The predicted molar refractivity (Wildman–Crippen MR) is 60.0 cm³/mol. The average Bonchev–Trinajstić information content (AvgIpc) is 2.64. The van der Waals surface area contributed by atoms with Crippen LogP contribution in [0.25, 0.3) is 0 Å². The third-order valence-corrected chi connectivity index (χ3v) is 3.74. The SMILES string of the molecule is C=C1CN2[C@H](COC)CC[C@@]2(COC)C1. The maximum absolute atomic E-state index is 5.38. The summed E-state index contributed by atoms with van der Waals surface area (Å²) in [7, 11) is 3.57. The summed E-state index contributed by atoms with van der Waals surface area (Å²) in [6.07, 6.45) is 3.54. The van der Waals surface area contributed by atoms with Crippen molar-refractivity contribution >= 4 is 0 Å². The van der Waals surface area contributed by atoms with E-state index in [-0.39, 0.29) is 5.54 Å². The first-order valence-electron chi connectivity index (χ1n) is 5.63. The number of hydrogen-bond donors (Lipinski definition) is 0. The van der Waals surface area contributed by atoms with Gasteiger partial charge in [0.1, 0.15) is 0 Å². The number of fused-ring (bicyclic) bond motifs is 1. The molecule has 0 bridgehead atoms. The number of rotatable bonds is 4. The van der Waals surface area contributed by atoms with Crippen LogP contribution < -0.4 is 0 Å². The molecule has 86 valence electrons. The van der Waals surface area contributed by atoms with Gasteiger partial charge in [0.15, 0.2) is 0 Å². The lowest BCUT2D eigenvalue weighted by atomic mass is 9.94. The molecule has 0 aliphatic carbocycles. The Labute approximate surface area is 92.0 Å². The van der Waals surface area contributed by atoms with Crippen molar-refractivity contribution in [3.05, 3.63) is 12.2 Å². The second-order valence-corrected chi connectivity index (χ2v) is 4.86. The topological polar surface area (TPSA) is 21.7 Å². The maximum atomic E-state index is 5.38. The Hall–Kier alpha value is -0.380. The van der Waals surface area contributed by atoms with Crippen molar-refractivity contribution in [1.82, 2.24) is 4.90 Å². The molecule has 2 atom stereocenters. The van der Waals surface area contributed by atoms with Crippen molar-refractivity contribution in [1.29, 1.82) is 0 Å². The zero-order valence-electron chi connectivity index (χ0n) is 9.79. The molecule has 0 N–H and O–H groups in total. The molecule has 0 aromatic carbocycles. The molecular formula is C12H21NO2. The Morgan fingerprint density at radius 3 is 2.93 bits per heavy atom. The normalized spacial score (nSPS) is 36.1. The van der Waals surface area contributed by atoms with Crippen LogP contribution in [0.1, 0.15) is 19.3 Å². The van der Waals surface area contributed by atoms with Gasteiger partial charge in [-0.1, -0.05) is 12.2 Å². The summed E-state index contributed by atoms with van der Waals surface area (Å²) < 4.78 is 10.7. The molecule has 0 unspecified atom stereocenters. The second kappa shape index (κ2) is 4.24. The lowest BCUT2D eigenvalue weighted by molar-refractivity contribution is 0.0301. The lowest BCUT2D eigenvalue weighted by Crippen LogP contribution is -2.46. The fourth-order valence-electron chi connectivity index (χ4n) is 3.21. The highest BCUT2D eigenvalue weighted by atomic mass is 16.5. The smallest absolute Gasteiger partial charge is 0.0650 e. The summed E-state index contributed by atoms with van der Waals surface area (Å²) in [5, 5.41) is 0. The van der Waals surface area contributed by atoms with E-state index >= 15 is 0 Å². The van der Waals surface area contributed by atoms with Gasteiger partial charge in [-0.2, -0.15) is 0 Å². The molecule has 0 aromatic rings. The summed E-state index contributed by atoms with van der Waals surface area (Å²) in [5.74, 6) is 0. The molecule has 0 amide bonds. The third kappa shape index (κ3) is 1.84. The highest BCUT2D eigenvalue weighted by molar-refractivity contribution is 5.19. The van der Waals surface area contributed by atoms with Crippen LogP contribution in [0.2, 0.25) is 0 Å². The Kier molecular flexibility index (Phi) is 3.14. The molecule has 0 radical (unpaired) electrons. The van der Waals surface area contributed by atoms with Gasteiger partial charge in [-0.15, -0.1) is 0 Å². The number of methoxy groups -OCH3 is 2. The largest absolute Gasteiger partial charge is 0.383 e. The van der Waals surface area contributed by atoms with E-state index in [0.29, 0.717) is 6.04 Å². The first kappa shape index (κ1) is 11.1. The quantitative estimate of drug-likeness (QED) is 0.657. The van der Waals surface area contributed by atoms with Crippen LogP contribution >= 0.6 is 0 Å². The van der Waals surface area contributed by atoms with E-state index in [4.69, 9.17) is 9.47 Å². The van der Waals surface area contributed by atoms with Crippen molar-refractivity contribution in [2.45, 2.75) is 30.8 Å². The van der Waals surface area contributed by atoms with Gasteiger partial charge >= 0.3 is 0 Å². The molecule has 2 heterocycles. The van der Waals surface area contributed by atoms with Crippen molar-refractivity contribution in [2.24, 2.45) is 0 Å². The van der Waals surface area contributed by atoms with Crippen LogP contribution in [0.3, 0.4) is 0 Å². The third-order valence-electron chi connectivity index (χ3n) is 3.74. The first-order chi connectivity index (χ1) is 7.22. The van der Waals surface area contributed by atoms with Gasteiger partial charge in [0.25, 0.3) is 0 Å². The molecule has 0 saturated carbocycles. The maximum Gasteiger partial charge on any atom is 0.0650 e. The summed E-state index contributed by atoms with van der Waals surface area (Å²) >= 11 is 0. The monoisotopic (exact) mass is 211 g/mol. The fraction of sp³-hybridized carbons (Fsp3) is 0.833. The fourth-order valence-corrected chi connectivity index (χ4v) is 3.21. The highest BCUT2D eigenvalue weighted by Gasteiger charge is 2.50. The molecule has 0 aromatic heterocycles. The zero-order chi connectivity index (χ0) is 10.9. The van der Waals surface area contributed by atoms with Gasteiger partial charge in [0, 0.05) is 32.3 Å². The summed E-state index contributed by atoms with van der Waals surface area (Å²) in [4.78, 5) is 2.54. The van der Waals surface area contributed by atoms with Crippen molar-refractivity contribution in [3.63, 3.8) is 0 Å². The number of ether oxygens (including phenoxy) is 2. The Bertz CT molecular complexity index is 254. The van der Waals surface area contributed by atoms with E-state index in [1.165, 1.54) is 18.4 Å².